The summed E-state index contributed by atoms with van der Waals surface area (Å²) in [6.07, 6.45) is 1.45. The number of ether oxygens (including phenoxy) is 3. The third kappa shape index (κ3) is 6.39. The summed E-state index contributed by atoms with van der Waals surface area (Å²) < 4.78 is 15.8. The highest BCUT2D eigenvalue weighted by Gasteiger charge is 2.30. The number of phenols is 1. The Morgan fingerprint density at radius 3 is 2.79 bits per heavy atom. The third-order valence-corrected chi connectivity index (χ3v) is 5.54. The standard InChI is InChI=1S/C22H24N4O6S/c1-4-32-18-9-13(5-8-16(18)27)12-23-26-22-25-20(28)11-19(33-22)21(29)24-15-7-6-14(30-2)10-17(15)31-3/h5-10,12,19,27H,4,11H2,1-3H3,(H,24,29)(H,25,26,28). The molecule has 0 aromatic heterocycles. The van der Waals surface area contributed by atoms with Gasteiger partial charge in [-0.05, 0) is 42.8 Å². The van der Waals surface area contributed by atoms with Crippen LogP contribution in [0.1, 0.15) is 18.9 Å². The van der Waals surface area contributed by atoms with Crippen molar-refractivity contribution in [2.24, 2.45) is 10.2 Å². The molecule has 174 valence electrons. The molecule has 0 bridgehead atoms. The molecule has 1 aliphatic rings. The second kappa shape index (κ2) is 11.2. The van der Waals surface area contributed by atoms with E-state index in [4.69, 9.17) is 14.2 Å². The van der Waals surface area contributed by atoms with Crippen molar-refractivity contribution in [2.45, 2.75) is 18.6 Å². The van der Waals surface area contributed by atoms with Crippen LogP contribution in [0.25, 0.3) is 0 Å². The van der Waals surface area contributed by atoms with E-state index in [1.165, 1.54) is 26.5 Å². The lowest BCUT2D eigenvalue weighted by Crippen LogP contribution is -2.41. The average Bonchev–Trinajstić information content (AvgIpc) is 2.81. The van der Waals surface area contributed by atoms with Crippen LogP contribution in [0.2, 0.25) is 0 Å². The number of amides is 2. The SMILES string of the molecule is CCOc1cc(C=NN=C2NC(=O)CC(C(=O)Nc3ccc(OC)cc3OC)S2)ccc1O. The van der Waals surface area contributed by atoms with E-state index < -0.39 is 5.25 Å². The average molecular weight is 473 g/mol. The molecule has 2 amide bonds. The molecular weight excluding hydrogens is 448 g/mol. The van der Waals surface area contributed by atoms with Crippen LogP contribution in [0, 0.1) is 0 Å². The number of phenolic OH excluding ortho intramolecular Hbond substituents is 1. The summed E-state index contributed by atoms with van der Waals surface area (Å²) in [5, 5.41) is 22.7. The topological polar surface area (TPSA) is 131 Å². The van der Waals surface area contributed by atoms with Crippen molar-refractivity contribution in [1.82, 2.24) is 5.32 Å². The molecule has 2 aromatic carbocycles. The highest BCUT2D eigenvalue weighted by molar-refractivity contribution is 8.15. The van der Waals surface area contributed by atoms with E-state index in [0.717, 1.165) is 11.8 Å². The van der Waals surface area contributed by atoms with Crippen LogP contribution in [-0.4, -0.2) is 54.4 Å². The molecule has 1 heterocycles. The number of carbonyl (C=O) groups is 2. The smallest absolute Gasteiger partial charge is 0.238 e. The minimum absolute atomic E-state index is 0.00656. The molecule has 0 radical (unpaired) electrons. The molecule has 10 nitrogen and oxygen atoms in total. The fourth-order valence-electron chi connectivity index (χ4n) is 2.88. The number of hydrogen-bond acceptors (Lipinski definition) is 9. The summed E-state index contributed by atoms with van der Waals surface area (Å²) in [7, 11) is 3.02. The Morgan fingerprint density at radius 1 is 1.24 bits per heavy atom. The van der Waals surface area contributed by atoms with Gasteiger partial charge in [0.1, 0.15) is 16.7 Å². The van der Waals surface area contributed by atoms with Gasteiger partial charge in [-0.3, -0.25) is 9.59 Å². The van der Waals surface area contributed by atoms with Crippen LogP contribution in [-0.2, 0) is 9.59 Å². The Labute approximate surface area is 195 Å². The minimum atomic E-state index is -0.697. The molecule has 1 fully saturated rings. The fraction of sp³-hybridized carbons (Fsp3) is 0.273. The summed E-state index contributed by atoms with van der Waals surface area (Å²) in [5.74, 6) is 0.679. The van der Waals surface area contributed by atoms with Crippen LogP contribution in [0.4, 0.5) is 5.69 Å². The van der Waals surface area contributed by atoms with E-state index in [2.05, 4.69) is 20.8 Å². The molecule has 1 saturated heterocycles. The molecule has 3 N–H and O–H groups in total. The van der Waals surface area contributed by atoms with Gasteiger partial charge in [0.25, 0.3) is 0 Å². The van der Waals surface area contributed by atoms with Crippen LogP contribution in [0.3, 0.4) is 0 Å². The van der Waals surface area contributed by atoms with Gasteiger partial charge in [-0.15, -0.1) is 5.10 Å². The van der Waals surface area contributed by atoms with Gasteiger partial charge in [-0.1, -0.05) is 11.8 Å². The molecule has 0 spiro atoms. The van der Waals surface area contributed by atoms with E-state index in [9.17, 15) is 14.7 Å². The molecule has 3 rings (SSSR count). The molecule has 2 aromatic rings. The predicted octanol–water partition coefficient (Wildman–Crippen LogP) is 2.76. The number of thioether (sulfide) groups is 1. The lowest BCUT2D eigenvalue weighted by atomic mass is 10.2. The van der Waals surface area contributed by atoms with Crippen molar-refractivity contribution in [2.75, 3.05) is 26.1 Å². The maximum atomic E-state index is 12.8. The summed E-state index contributed by atoms with van der Waals surface area (Å²) in [5.41, 5.74) is 1.11. The summed E-state index contributed by atoms with van der Waals surface area (Å²) in [6.45, 7) is 2.22. The molecule has 1 atom stereocenters. The normalized spacial score (nSPS) is 17.0. The second-order valence-corrected chi connectivity index (χ2v) is 7.92. The Bertz CT molecular complexity index is 1090. The maximum absolute atomic E-state index is 12.8. The van der Waals surface area contributed by atoms with E-state index >= 15 is 0 Å². The van der Waals surface area contributed by atoms with Gasteiger partial charge in [0.05, 0.1) is 32.7 Å². The number of aromatic hydroxyl groups is 1. The molecule has 0 aliphatic carbocycles. The van der Waals surface area contributed by atoms with E-state index in [1.807, 2.05) is 6.92 Å². The van der Waals surface area contributed by atoms with Crippen molar-refractivity contribution < 1.29 is 28.9 Å². The number of rotatable bonds is 8. The van der Waals surface area contributed by atoms with Crippen molar-refractivity contribution in [3.63, 3.8) is 0 Å². The van der Waals surface area contributed by atoms with Gasteiger partial charge in [0.15, 0.2) is 16.7 Å². The first-order valence-corrected chi connectivity index (χ1v) is 10.9. The Hall–Kier alpha value is -3.73. The number of anilines is 1. The molecule has 1 aliphatic heterocycles. The first-order chi connectivity index (χ1) is 15.9. The van der Waals surface area contributed by atoms with Gasteiger partial charge in [-0.2, -0.15) is 5.10 Å². The van der Waals surface area contributed by atoms with Crippen molar-refractivity contribution >= 4 is 40.6 Å². The zero-order chi connectivity index (χ0) is 23.8. The number of nitrogens with one attached hydrogen (secondary N) is 2. The van der Waals surface area contributed by atoms with Gasteiger partial charge in [0, 0.05) is 12.5 Å². The van der Waals surface area contributed by atoms with E-state index in [1.54, 1.807) is 30.3 Å². The quantitative estimate of drug-likeness (QED) is 0.398. The Kier molecular flexibility index (Phi) is 8.14. The zero-order valence-corrected chi connectivity index (χ0v) is 19.1. The maximum Gasteiger partial charge on any atom is 0.238 e. The second-order valence-electron chi connectivity index (χ2n) is 6.72. The van der Waals surface area contributed by atoms with Crippen LogP contribution < -0.4 is 24.8 Å². The van der Waals surface area contributed by atoms with Crippen molar-refractivity contribution in [3.8, 4) is 23.0 Å². The van der Waals surface area contributed by atoms with Gasteiger partial charge < -0.3 is 30.0 Å². The van der Waals surface area contributed by atoms with E-state index in [-0.39, 0.29) is 29.2 Å². The van der Waals surface area contributed by atoms with Crippen LogP contribution in [0.15, 0.2) is 46.6 Å². The predicted molar refractivity (Wildman–Crippen MR) is 127 cm³/mol. The molecule has 33 heavy (non-hydrogen) atoms. The highest BCUT2D eigenvalue weighted by atomic mass is 32.2. The molecule has 0 saturated carbocycles. The fourth-order valence-corrected chi connectivity index (χ4v) is 3.82. The number of carbonyl (C=O) groups excluding carboxylic acids is 2. The van der Waals surface area contributed by atoms with Gasteiger partial charge in [0.2, 0.25) is 11.8 Å². The highest BCUT2D eigenvalue weighted by Crippen LogP contribution is 2.31. The van der Waals surface area contributed by atoms with Crippen LogP contribution in [0.5, 0.6) is 23.0 Å². The lowest BCUT2D eigenvalue weighted by Gasteiger charge is -2.22. The van der Waals surface area contributed by atoms with E-state index in [0.29, 0.717) is 35.1 Å². The third-order valence-electron chi connectivity index (χ3n) is 4.47. The molecule has 11 heteroatoms. The summed E-state index contributed by atoms with van der Waals surface area (Å²) >= 11 is 1.09. The zero-order valence-electron chi connectivity index (χ0n) is 18.3. The number of methoxy groups -OCH3 is 2. The Balaban J connectivity index is 1.69. The largest absolute Gasteiger partial charge is 0.504 e. The summed E-state index contributed by atoms with van der Waals surface area (Å²) in [6, 6.07) is 9.76. The lowest BCUT2D eigenvalue weighted by molar-refractivity contribution is -0.123. The van der Waals surface area contributed by atoms with Gasteiger partial charge >= 0.3 is 0 Å². The molecular formula is C22H24N4O6S. The molecule has 1 unspecified atom stereocenters. The minimum Gasteiger partial charge on any atom is -0.504 e. The number of hydrogen-bond donors (Lipinski definition) is 3. The number of amidine groups is 1. The first-order valence-electron chi connectivity index (χ1n) is 9.99. The Morgan fingerprint density at radius 2 is 2.06 bits per heavy atom. The van der Waals surface area contributed by atoms with Gasteiger partial charge in [-0.25, -0.2) is 0 Å². The number of benzene rings is 2. The van der Waals surface area contributed by atoms with Crippen LogP contribution >= 0.6 is 11.8 Å². The first kappa shape index (κ1) is 23.9. The van der Waals surface area contributed by atoms with Crippen molar-refractivity contribution in [3.05, 3.63) is 42.0 Å². The van der Waals surface area contributed by atoms with Crippen molar-refractivity contribution in [1.29, 1.82) is 0 Å². The monoisotopic (exact) mass is 472 g/mol. The number of nitrogens with zero attached hydrogens (tertiary/aromatic N) is 2. The summed E-state index contributed by atoms with van der Waals surface area (Å²) in [4.78, 5) is 24.9.